The number of rotatable bonds is 4. The molecule has 1 saturated carbocycles. The highest BCUT2D eigenvalue weighted by atomic mass is 16.1. The van der Waals surface area contributed by atoms with Crippen molar-refractivity contribution in [3.05, 3.63) is 35.4 Å². The summed E-state index contributed by atoms with van der Waals surface area (Å²) in [6, 6.07) is 7.26. The zero-order chi connectivity index (χ0) is 11.8. The van der Waals surface area contributed by atoms with Gasteiger partial charge in [0, 0.05) is 12.1 Å². The smallest absolute Gasteiger partial charge is 0.150 e. The molecule has 3 N–H and O–H groups in total. The quantitative estimate of drug-likeness (QED) is 0.757. The van der Waals surface area contributed by atoms with E-state index in [2.05, 4.69) is 5.32 Å². The summed E-state index contributed by atoms with van der Waals surface area (Å²) in [5.74, 6) is 1.04. The number of carbonyl (C=O) groups excluding carboxylic acids is 1. The van der Waals surface area contributed by atoms with Gasteiger partial charge in [0.15, 0.2) is 0 Å². The number of hydrogen-bond donors (Lipinski definition) is 2. The predicted molar refractivity (Wildman–Crippen MR) is 66.4 cm³/mol. The van der Waals surface area contributed by atoms with Gasteiger partial charge in [0.1, 0.15) is 6.29 Å². The molecule has 1 aliphatic rings. The highest BCUT2D eigenvalue weighted by Gasteiger charge is 2.19. The Morgan fingerprint density at radius 1 is 1.50 bits per heavy atom. The van der Waals surface area contributed by atoms with Gasteiger partial charge >= 0.3 is 0 Å². The van der Waals surface area contributed by atoms with Gasteiger partial charge in [0.2, 0.25) is 0 Å². The number of nitrogens with one attached hydrogen (secondary N) is 1. The molecule has 0 spiro atoms. The molecule has 1 aliphatic carbocycles. The Labute approximate surface area is 97.0 Å². The number of aldehydes is 1. The average Bonchev–Trinajstić information content (AvgIpc) is 3.14. The van der Waals surface area contributed by atoms with Crippen LogP contribution in [0.15, 0.2) is 24.3 Å². The van der Waals surface area contributed by atoms with Crippen LogP contribution in [0.4, 0.5) is 0 Å². The van der Waals surface area contributed by atoms with Gasteiger partial charge in [-0.15, -0.1) is 0 Å². The Hall–Kier alpha value is -1.19. The van der Waals surface area contributed by atoms with Gasteiger partial charge in [0.05, 0.1) is 0 Å². The molecule has 0 unspecified atom stereocenters. The van der Waals surface area contributed by atoms with Crippen LogP contribution in [0.25, 0.3) is 0 Å². The lowest BCUT2D eigenvalue weighted by atomic mass is 10.1. The molecule has 0 aliphatic heterocycles. The molecule has 0 heterocycles. The number of carbonyl (C=O) groups is 1. The molecule has 0 amide bonds. The van der Waals surface area contributed by atoms with E-state index in [4.69, 9.17) is 5.73 Å². The first-order chi connectivity index (χ1) is 7.80. The van der Waals surface area contributed by atoms with Crippen molar-refractivity contribution < 1.29 is 4.79 Å². The van der Waals surface area contributed by atoms with Gasteiger partial charge in [-0.1, -0.05) is 18.2 Å². The molecule has 0 atom stereocenters. The molecule has 16 heavy (non-hydrogen) atoms. The van der Waals surface area contributed by atoms with E-state index in [0.29, 0.717) is 12.1 Å². The Balaban J connectivity index is 0.000000181. The zero-order valence-electron chi connectivity index (χ0n) is 9.78. The summed E-state index contributed by atoms with van der Waals surface area (Å²) in [7, 11) is 2.01. The Kier molecular flexibility index (Phi) is 5.75. The summed E-state index contributed by atoms with van der Waals surface area (Å²) in [6.07, 6.45) is 3.74. The first-order valence-corrected chi connectivity index (χ1v) is 5.69. The summed E-state index contributed by atoms with van der Waals surface area (Å²) in [4.78, 5) is 10.2. The second kappa shape index (κ2) is 7.14. The molecule has 0 bridgehead atoms. The van der Waals surface area contributed by atoms with Crippen LogP contribution >= 0.6 is 0 Å². The van der Waals surface area contributed by atoms with Gasteiger partial charge in [-0.2, -0.15) is 0 Å². The Bertz CT molecular complexity index is 321. The molecule has 2 rings (SSSR count). The summed E-state index contributed by atoms with van der Waals surface area (Å²) < 4.78 is 0. The van der Waals surface area contributed by atoms with E-state index >= 15 is 0 Å². The van der Waals surface area contributed by atoms with Gasteiger partial charge in [-0.05, 0) is 44.0 Å². The summed E-state index contributed by atoms with van der Waals surface area (Å²) in [5, 5.41) is 3.13. The first-order valence-electron chi connectivity index (χ1n) is 5.69. The fourth-order valence-electron chi connectivity index (χ4n) is 1.40. The lowest BCUT2D eigenvalue weighted by Gasteiger charge is -1.94. The maximum Gasteiger partial charge on any atom is 0.150 e. The van der Waals surface area contributed by atoms with Gasteiger partial charge < -0.3 is 11.1 Å². The van der Waals surface area contributed by atoms with Crippen LogP contribution in [0, 0.1) is 5.92 Å². The summed E-state index contributed by atoms with van der Waals surface area (Å²) in [5.41, 5.74) is 7.03. The summed E-state index contributed by atoms with van der Waals surface area (Å²) >= 11 is 0. The lowest BCUT2D eigenvalue weighted by molar-refractivity contribution is 0.112. The lowest BCUT2D eigenvalue weighted by Crippen LogP contribution is -2.08. The van der Waals surface area contributed by atoms with E-state index < -0.39 is 0 Å². The van der Waals surface area contributed by atoms with E-state index in [1.54, 1.807) is 12.1 Å². The molecule has 1 aromatic carbocycles. The van der Waals surface area contributed by atoms with Crippen LogP contribution in [0.2, 0.25) is 0 Å². The third kappa shape index (κ3) is 5.05. The van der Waals surface area contributed by atoms with Gasteiger partial charge in [0.25, 0.3) is 0 Å². The van der Waals surface area contributed by atoms with Crippen LogP contribution in [0.3, 0.4) is 0 Å². The predicted octanol–water partition coefficient (Wildman–Crippen LogP) is 1.57. The normalized spacial score (nSPS) is 13.9. The number of benzene rings is 1. The molecule has 1 fully saturated rings. The van der Waals surface area contributed by atoms with Crippen molar-refractivity contribution >= 4 is 6.29 Å². The highest BCUT2D eigenvalue weighted by Crippen LogP contribution is 2.27. The minimum Gasteiger partial charge on any atom is -0.326 e. The standard InChI is InChI=1S/C8H9NO.C5H11N/c9-5-7-2-1-3-8(4-7)6-10;1-6-4-5-2-3-5/h1-4,6H,5,9H2;5-6H,2-4H2,1H3. The maximum atomic E-state index is 10.2. The van der Waals surface area contributed by atoms with E-state index in [1.807, 2.05) is 19.2 Å². The van der Waals surface area contributed by atoms with Crippen molar-refractivity contribution in [2.24, 2.45) is 11.7 Å². The van der Waals surface area contributed by atoms with Crippen molar-refractivity contribution in [1.29, 1.82) is 0 Å². The number of nitrogens with two attached hydrogens (primary N) is 1. The Morgan fingerprint density at radius 3 is 2.69 bits per heavy atom. The largest absolute Gasteiger partial charge is 0.326 e. The fourth-order valence-corrected chi connectivity index (χ4v) is 1.40. The molecule has 0 aromatic heterocycles. The van der Waals surface area contributed by atoms with E-state index in [-0.39, 0.29) is 0 Å². The molecule has 0 saturated heterocycles. The third-order valence-electron chi connectivity index (χ3n) is 2.51. The fraction of sp³-hybridized carbons (Fsp3) is 0.462. The van der Waals surface area contributed by atoms with Crippen LogP contribution in [-0.2, 0) is 6.54 Å². The maximum absolute atomic E-state index is 10.2. The monoisotopic (exact) mass is 220 g/mol. The van der Waals surface area contributed by atoms with Gasteiger partial charge in [-0.25, -0.2) is 0 Å². The summed E-state index contributed by atoms with van der Waals surface area (Å²) in [6.45, 7) is 1.72. The van der Waals surface area contributed by atoms with Crippen LogP contribution < -0.4 is 11.1 Å². The van der Waals surface area contributed by atoms with Crippen molar-refractivity contribution in [3.8, 4) is 0 Å². The first kappa shape index (κ1) is 12.9. The van der Waals surface area contributed by atoms with Crippen molar-refractivity contribution in [3.63, 3.8) is 0 Å². The highest BCUT2D eigenvalue weighted by molar-refractivity contribution is 5.74. The number of hydrogen-bond acceptors (Lipinski definition) is 3. The van der Waals surface area contributed by atoms with Gasteiger partial charge in [-0.3, -0.25) is 4.79 Å². The second-order valence-corrected chi connectivity index (χ2v) is 4.07. The van der Waals surface area contributed by atoms with Crippen molar-refractivity contribution in [1.82, 2.24) is 5.32 Å². The van der Waals surface area contributed by atoms with Crippen LogP contribution in [-0.4, -0.2) is 19.9 Å². The molecular weight excluding hydrogens is 200 g/mol. The van der Waals surface area contributed by atoms with E-state index in [9.17, 15) is 4.79 Å². The molecule has 88 valence electrons. The zero-order valence-corrected chi connectivity index (χ0v) is 9.78. The topological polar surface area (TPSA) is 55.1 Å². The van der Waals surface area contributed by atoms with E-state index in [1.165, 1.54) is 19.4 Å². The SMILES string of the molecule is CNCC1CC1.NCc1cccc(C=O)c1. The van der Waals surface area contributed by atoms with Crippen LogP contribution in [0.1, 0.15) is 28.8 Å². The Morgan fingerprint density at radius 2 is 2.25 bits per heavy atom. The molecule has 3 heteroatoms. The minimum absolute atomic E-state index is 0.488. The molecular formula is C13H20N2O. The minimum atomic E-state index is 0.488. The third-order valence-corrected chi connectivity index (χ3v) is 2.51. The molecule has 0 radical (unpaired) electrons. The molecule has 3 nitrogen and oxygen atoms in total. The van der Waals surface area contributed by atoms with Crippen LogP contribution in [0.5, 0.6) is 0 Å². The second-order valence-electron chi connectivity index (χ2n) is 4.07. The van der Waals surface area contributed by atoms with Crippen molar-refractivity contribution in [2.75, 3.05) is 13.6 Å². The molecule has 1 aromatic rings. The average molecular weight is 220 g/mol. The van der Waals surface area contributed by atoms with E-state index in [0.717, 1.165) is 17.8 Å². The van der Waals surface area contributed by atoms with Crippen molar-refractivity contribution in [2.45, 2.75) is 19.4 Å².